The van der Waals surface area contributed by atoms with Crippen LogP contribution in [0, 0.1) is 0 Å². The number of aromatic amines is 1. The van der Waals surface area contributed by atoms with Crippen LogP contribution >= 0.6 is 0 Å². The van der Waals surface area contributed by atoms with E-state index >= 15 is 0 Å². The van der Waals surface area contributed by atoms with Crippen molar-refractivity contribution in [2.24, 2.45) is 7.05 Å². The first-order valence-electron chi connectivity index (χ1n) is 9.60. The molecule has 0 spiro atoms. The topological polar surface area (TPSA) is 127 Å². The molecule has 10 heteroatoms. The number of nitrogens with zero attached hydrogens (tertiary/aromatic N) is 4. The third-order valence-electron chi connectivity index (χ3n) is 4.93. The van der Waals surface area contributed by atoms with E-state index in [-0.39, 0.29) is 36.5 Å². The fraction of sp³-hybridized carbons (Fsp3) is 0.611. The molecule has 3 N–H and O–H groups in total. The van der Waals surface area contributed by atoms with Gasteiger partial charge in [-0.25, -0.2) is 4.79 Å². The number of rotatable bonds is 7. The zero-order valence-corrected chi connectivity index (χ0v) is 16.4. The number of alkyl carbamates (subject to hydrolysis) is 1. The summed E-state index contributed by atoms with van der Waals surface area (Å²) in [5.74, 6) is 0.542. The zero-order valence-electron chi connectivity index (χ0n) is 16.4. The molecule has 1 saturated carbocycles. The molecule has 10 nitrogen and oxygen atoms in total. The Morgan fingerprint density at radius 3 is 2.96 bits per heavy atom. The first-order chi connectivity index (χ1) is 13.4. The number of aryl methyl sites for hydroxylation is 1. The molecule has 0 aromatic carbocycles. The highest BCUT2D eigenvalue weighted by molar-refractivity contribution is 5.91. The third kappa shape index (κ3) is 5.30. The van der Waals surface area contributed by atoms with Gasteiger partial charge < -0.3 is 15.4 Å². The van der Waals surface area contributed by atoms with Crippen LogP contribution in [-0.4, -0.2) is 49.3 Å². The second kappa shape index (κ2) is 8.85. The van der Waals surface area contributed by atoms with E-state index < -0.39 is 0 Å². The highest BCUT2D eigenvalue weighted by Crippen LogP contribution is 2.34. The maximum atomic E-state index is 12.1. The van der Waals surface area contributed by atoms with Gasteiger partial charge in [-0.1, -0.05) is 6.92 Å². The van der Waals surface area contributed by atoms with E-state index in [4.69, 9.17) is 4.74 Å². The van der Waals surface area contributed by atoms with Crippen LogP contribution in [0.2, 0.25) is 0 Å². The lowest BCUT2D eigenvalue weighted by atomic mass is 10.0. The predicted molar refractivity (Wildman–Crippen MR) is 102 cm³/mol. The minimum atomic E-state index is -0.360. The summed E-state index contributed by atoms with van der Waals surface area (Å²) >= 11 is 0. The molecule has 1 fully saturated rings. The minimum absolute atomic E-state index is 0.0829. The molecule has 1 aliphatic rings. The Bertz CT molecular complexity index is 816. The van der Waals surface area contributed by atoms with Crippen LogP contribution < -0.4 is 10.6 Å². The average molecular weight is 389 g/mol. The second-order valence-electron chi connectivity index (χ2n) is 7.23. The molecule has 28 heavy (non-hydrogen) atoms. The van der Waals surface area contributed by atoms with Crippen LogP contribution in [0.1, 0.15) is 56.8 Å². The number of ether oxygens (including phenoxy) is 1. The van der Waals surface area contributed by atoms with E-state index in [2.05, 4.69) is 31.0 Å². The van der Waals surface area contributed by atoms with Crippen molar-refractivity contribution in [3.05, 3.63) is 23.7 Å². The van der Waals surface area contributed by atoms with Crippen molar-refractivity contribution in [2.75, 3.05) is 5.32 Å². The molecule has 3 rings (SSSR count). The molecule has 2 amide bonds. The molecule has 1 aliphatic carbocycles. The van der Waals surface area contributed by atoms with Gasteiger partial charge in [0.05, 0.1) is 18.3 Å². The summed E-state index contributed by atoms with van der Waals surface area (Å²) < 4.78 is 5.27. The molecule has 152 valence electrons. The maximum Gasteiger partial charge on any atom is 0.407 e. The Labute approximate surface area is 163 Å². The summed E-state index contributed by atoms with van der Waals surface area (Å²) in [7, 11) is 1.70. The molecule has 0 saturated heterocycles. The predicted octanol–water partition coefficient (Wildman–Crippen LogP) is 1.88. The Hall–Kier alpha value is -2.91. The lowest BCUT2D eigenvalue weighted by Gasteiger charge is -2.16. The van der Waals surface area contributed by atoms with Gasteiger partial charge in [0, 0.05) is 30.8 Å². The number of nitrogens with one attached hydrogen (secondary N) is 3. The number of anilines is 1. The summed E-state index contributed by atoms with van der Waals surface area (Å²) in [5.41, 5.74) is 1.55. The number of hydrogen-bond acceptors (Lipinski definition) is 6. The van der Waals surface area contributed by atoms with E-state index in [1.807, 2.05) is 19.9 Å². The molecule has 2 heterocycles. The van der Waals surface area contributed by atoms with Crippen LogP contribution in [0.15, 0.2) is 12.3 Å². The average Bonchev–Trinajstić information content (AvgIpc) is 3.36. The smallest absolute Gasteiger partial charge is 0.407 e. The van der Waals surface area contributed by atoms with Gasteiger partial charge in [-0.05, 0) is 32.6 Å². The second-order valence-corrected chi connectivity index (χ2v) is 7.23. The monoisotopic (exact) mass is 389 g/mol. The highest BCUT2D eigenvalue weighted by atomic mass is 16.6. The fourth-order valence-electron chi connectivity index (χ4n) is 3.29. The maximum absolute atomic E-state index is 12.1. The Morgan fingerprint density at radius 2 is 2.25 bits per heavy atom. The van der Waals surface area contributed by atoms with Crippen LogP contribution in [0.4, 0.5) is 10.6 Å². The van der Waals surface area contributed by atoms with E-state index in [0.29, 0.717) is 11.5 Å². The highest BCUT2D eigenvalue weighted by Gasteiger charge is 2.29. The minimum Gasteiger partial charge on any atom is -0.447 e. The Balaban J connectivity index is 1.47. The first-order valence-corrected chi connectivity index (χ1v) is 9.60. The van der Waals surface area contributed by atoms with Crippen molar-refractivity contribution < 1.29 is 14.3 Å². The van der Waals surface area contributed by atoms with Crippen LogP contribution in [0.5, 0.6) is 0 Å². The molecule has 0 aliphatic heterocycles. The molecular formula is C18H27N7O3. The molecule has 3 atom stereocenters. The third-order valence-corrected chi connectivity index (χ3v) is 4.93. The number of carbonyl (C=O) groups is 2. The number of amides is 2. The van der Waals surface area contributed by atoms with E-state index in [1.165, 1.54) is 4.80 Å². The Morgan fingerprint density at radius 1 is 1.43 bits per heavy atom. The summed E-state index contributed by atoms with van der Waals surface area (Å²) in [6.45, 7) is 3.85. The van der Waals surface area contributed by atoms with E-state index in [9.17, 15) is 9.59 Å². The van der Waals surface area contributed by atoms with Gasteiger partial charge in [0.1, 0.15) is 6.10 Å². The molecular weight excluding hydrogens is 362 g/mol. The van der Waals surface area contributed by atoms with Crippen molar-refractivity contribution >= 4 is 17.8 Å². The largest absolute Gasteiger partial charge is 0.447 e. The normalized spacial score (nSPS) is 20.0. The lowest BCUT2D eigenvalue weighted by molar-refractivity contribution is -0.115. The number of H-pyrrole nitrogens is 1. The van der Waals surface area contributed by atoms with Crippen molar-refractivity contribution in [1.82, 2.24) is 30.5 Å². The van der Waals surface area contributed by atoms with Crippen molar-refractivity contribution in [1.29, 1.82) is 0 Å². The molecule has 3 unspecified atom stereocenters. The van der Waals surface area contributed by atoms with Crippen LogP contribution in [0.25, 0.3) is 0 Å². The van der Waals surface area contributed by atoms with E-state index in [0.717, 1.165) is 31.4 Å². The zero-order chi connectivity index (χ0) is 20.1. The number of aromatic nitrogens is 5. The van der Waals surface area contributed by atoms with Crippen molar-refractivity contribution in [3.63, 3.8) is 0 Å². The van der Waals surface area contributed by atoms with Crippen LogP contribution in [-0.2, 0) is 23.0 Å². The van der Waals surface area contributed by atoms with Gasteiger partial charge in [0.2, 0.25) is 5.91 Å². The van der Waals surface area contributed by atoms with Gasteiger partial charge >= 0.3 is 6.09 Å². The Kier molecular flexibility index (Phi) is 6.27. The SMILES string of the molecule is CCC(C)OC(=O)NC1CCC(c2cc(NC(=O)Cc3cnn(C)n3)n[nH]2)C1. The quantitative estimate of drug-likeness (QED) is 0.663. The molecule has 2 aromatic heterocycles. The molecule has 2 aromatic rings. The summed E-state index contributed by atoms with van der Waals surface area (Å²) in [4.78, 5) is 25.4. The van der Waals surface area contributed by atoms with E-state index in [1.54, 1.807) is 13.2 Å². The van der Waals surface area contributed by atoms with Gasteiger partial charge in [-0.2, -0.15) is 20.1 Å². The standard InChI is InChI=1S/C18H27N7O3/c1-4-11(2)28-18(27)20-13-6-5-12(7-13)15-9-16(23-22-15)21-17(26)8-14-10-19-25(3)24-14/h9-13H,4-8H2,1-3H3,(H,20,27)(H2,21,22,23,26). The lowest BCUT2D eigenvalue weighted by Crippen LogP contribution is -2.35. The molecule has 0 radical (unpaired) electrons. The number of hydrogen-bond donors (Lipinski definition) is 3. The first kappa shape index (κ1) is 19.8. The van der Waals surface area contributed by atoms with Crippen molar-refractivity contribution in [2.45, 2.75) is 64.0 Å². The summed E-state index contributed by atoms with van der Waals surface area (Å²) in [6, 6.07) is 1.93. The summed E-state index contributed by atoms with van der Waals surface area (Å²) in [5, 5.41) is 20.9. The fourth-order valence-corrected chi connectivity index (χ4v) is 3.29. The van der Waals surface area contributed by atoms with Gasteiger partial charge in [0.15, 0.2) is 5.82 Å². The van der Waals surface area contributed by atoms with Gasteiger partial charge in [-0.3, -0.25) is 9.89 Å². The summed E-state index contributed by atoms with van der Waals surface area (Å²) in [6.07, 6.45) is 4.68. The van der Waals surface area contributed by atoms with Crippen molar-refractivity contribution in [3.8, 4) is 0 Å². The van der Waals surface area contributed by atoms with Gasteiger partial charge in [-0.15, -0.1) is 0 Å². The molecule has 0 bridgehead atoms. The number of carbonyl (C=O) groups excluding carboxylic acids is 2. The van der Waals surface area contributed by atoms with Crippen LogP contribution in [0.3, 0.4) is 0 Å². The van der Waals surface area contributed by atoms with Gasteiger partial charge in [0.25, 0.3) is 0 Å².